The van der Waals surface area contributed by atoms with E-state index in [1.807, 2.05) is 62.4 Å². The maximum Gasteiger partial charge on any atom is 0.326 e. The molecule has 3 N–H and O–H groups in total. The molecule has 1 unspecified atom stereocenters. The molecular weight excluding hydrogens is 418 g/mol. The molecule has 1 aliphatic rings. The number of anilines is 1. The molecule has 1 amide bonds. The monoisotopic (exact) mass is 451 g/mol. The van der Waals surface area contributed by atoms with Gasteiger partial charge in [0, 0.05) is 44.0 Å². The van der Waals surface area contributed by atoms with Gasteiger partial charge in [0.05, 0.1) is 0 Å². The lowest BCUT2D eigenvalue weighted by molar-refractivity contribution is -0.141. The van der Waals surface area contributed by atoms with E-state index in [1.165, 1.54) is 0 Å². The average Bonchev–Trinajstić information content (AvgIpc) is 2.79. The van der Waals surface area contributed by atoms with Gasteiger partial charge in [0.1, 0.15) is 11.8 Å². The van der Waals surface area contributed by atoms with Crippen LogP contribution in [-0.2, 0) is 9.59 Å². The first-order valence-corrected chi connectivity index (χ1v) is 11.4. The van der Waals surface area contributed by atoms with Crippen molar-refractivity contribution >= 4 is 23.6 Å². The highest BCUT2D eigenvalue weighted by molar-refractivity contribution is 6.00. The molecule has 1 saturated heterocycles. The maximum absolute atomic E-state index is 13.1. The second-order valence-electron chi connectivity index (χ2n) is 8.85. The zero-order chi connectivity index (χ0) is 23.8. The van der Waals surface area contributed by atoms with Crippen molar-refractivity contribution in [3.05, 3.63) is 65.7 Å². The summed E-state index contributed by atoms with van der Waals surface area (Å²) in [5.41, 5.74) is 2.51. The van der Waals surface area contributed by atoms with Gasteiger partial charge >= 0.3 is 5.97 Å². The number of aromatic hydroxyl groups is 1. The van der Waals surface area contributed by atoms with Crippen molar-refractivity contribution in [2.45, 2.75) is 26.3 Å². The first-order valence-electron chi connectivity index (χ1n) is 11.4. The minimum Gasteiger partial charge on any atom is -0.508 e. The average molecular weight is 452 g/mol. The Kier molecular flexibility index (Phi) is 8.49. The zero-order valence-corrected chi connectivity index (χ0v) is 19.3. The summed E-state index contributed by atoms with van der Waals surface area (Å²) in [5, 5.41) is 21.8. The van der Waals surface area contributed by atoms with Crippen molar-refractivity contribution < 1.29 is 19.8 Å². The van der Waals surface area contributed by atoms with Crippen LogP contribution in [0.1, 0.15) is 25.8 Å². The van der Waals surface area contributed by atoms with Gasteiger partial charge in [0.15, 0.2) is 0 Å². The molecule has 0 aliphatic carbocycles. The third-order valence-corrected chi connectivity index (χ3v) is 5.72. The molecule has 0 radical (unpaired) electrons. The van der Waals surface area contributed by atoms with Crippen LogP contribution >= 0.6 is 0 Å². The Morgan fingerprint density at radius 1 is 1.00 bits per heavy atom. The van der Waals surface area contributed by atoms with Crippen LogP contribution in [0.2, 0.25) is 0 Å². The molecular formula is C26H33N3O4. The van der Waals surface area contributed by atoms with Crippen molar-refractivity contribution in [2.24, 2.45) is 5.92 Å². The van der Waals surface area contributed by atoms with E-state index >= 15 is 0 Å². The summed E-state index contributed by atoms with van der Waals surface area (Å²) in [6, 6.07) is 15.9. The van der Waals surface area contributed by atoms with Gasteiger partial charge in [-0.25, -0.2) is 4.79 Å². The van der Waals surface area contributed by atoms with Crippen LogP contribution in [0.4, 0.5) is 5.69 Å². The van der Waals surface area contributed by atoms with Gasteiger partial charge in [-0.2, -0.15) is 0 Å². The van der Waals surface area contributed by atoms with Gasteiger partial charge in [0.2, 0.25) is 5.91 Å². The number of carbonyl (C=O) groups excluding carboxylic acids is 1. The maximum atomic E-state index is 13.1. The molecule has 0 saturated carbocycles. The SMILES string of the molecule is CC(C)CC(NC(=O)/C(=C/c1ccccc1)CN1CCN(c2ccc(O)cc2)CC1)C(=O)O. The summed E-state index contributed by atoms with van der Waals surface area (Å²) in [6.07, 6.45) is 2.22. The molecule has 2 aromatic rings. The summed E-state index contributed by atoms with van der Waals surface area (Å²) in [4.78, 5) is 29.3. The number of benzene rings is 2. The second kappa shape index (κ2) is 11.5. The van der Waals surface area contributed by atoms with E-state index in [0.717, 1.165) is 37.4 Å². The molecule has 1 fully saturated rings. The molecule has 1 aliphatic heterocycles. The van der Waals surface area contributed by atoms with Crippen molar-refractivity contribution in [3.63, 3.8) is 0 Å². The number of phenols is 1. The Labute approximate surface area is 195 Å². The molecule has 1 atom stereocenters. The number of hydrogen-bond acceptors (Lipinski definition) is 5. The van der Waals surface area contributed by atoms with Crippen LogP contribution in [0, 0.1) is 5.92 Å². The Bertz CT molecular complexity index is 949. The number of aliphatic carboxylic acids is 1. The molecule has 0 spiro atoms. The fraction of sp³-hybridized carbons (Fsp3) is 0.385. The molecule has 176 valence electrons. The molecule has 0 aromatic heterocycles. The van der Waals surface area contributed by atoms with E-state index in [9.17, 15) is 19.8 Å². The lowest BCUT2D eigenvalue weighted by atomic mass is 10.0. The molecule has 33 heavy (non-hydrogen) atoms. The quantitative estimate of drug-likeness (QED) is 0.507. The summed E-state index contributed by atoms with van der Waals surface area (Å²) in [7, 11) is 0. The third kappa shape index (κ3) is 7.36. The number of nitrogens with zero attached hydrogens (tertiary/aromatic N) is 2. The van der Waals surface area contributed by atoms with Gasteiger partial charge in [-0.15, -0.1) is 0 Å². The molecule has 1 heterocycles. The zero-order valence-electron chi connectivity index (χ0n) is 19.3. The predicted molar refractivity (Wildman–Crippen MR) is 130 cm³/mol. The number of carboxylic acid groups (broad SMARTS) is 1. The number of nitrogens with one attached hydrogen (secondary N) is 1. The topological polar surface area (TPSA) is 93.1 Å². The lowest BCUT2D eigenvalue weighted by Gasteiger charge is -2.36. The van der Waals surface area contributed by atoms with E-state index < -0.39 is 12.0 Å². The largest absolute Gasteiger partial charge is 0.508 e. The molecule has 3 rings (SSSR count). The summed E-state index contributed by atoms with van der Waals surface area (Å²) >= 11 is 0. The first kappa shape index (κ1) is 24.3. The van der Waals surface area contributed by atoms with Gasteiger partial charge in [-0.3, -0.25) is 9.69 Å². The second-order valence-corrected chi connectivity index (χ2v) is 8.85. The van der Waals surface area contributed by atoms with Crippen LogP contribution in [0.15, 0.2) is 60.2 Å². The van der Waals surface area contributed by atoms with Crippen molar-refractivity contribution in [3.8, 4) is 5.75 Å². The Morgan fingerprint density at radius 3 is 2.21 bits per heavy atom. The molecule has 7 nitrogen and oxygen atoms in total. The Balaban J connectivity index is 1.70. The van der Waals surface area contributed by atoms with E-state index in [0.29, 0.717) is 18.5 Å². The van der Waals surface area contributed by atoms with Gasteiger partial charge in [-0.1, -0.05) is 44.2 Å². The van der Waals surface area contributed by atoms with Crippen molar-refractivity contribution in [2.75, 3.05) is 37.6 Å². The van der Waals surface area contributed by atoms with E-state index in [2.05, 4.69) is 15.1 Å². The minimum absolute atomic E-state index is 0.154. The van der Waals surface area contributed by atoms with Crippen molar-refractivity contribution in [1.29, 1.82) is 0 Å². The normalized spacial score (nSPS) is 16.0. The van der Waals surface area contributed by atoms with Gasteiger partial charge in [-0.05, 0) is 48.2 Å². The van der Waals surface area contributed by atoms with E-state index in [-0.39, 0.29) is 17.6 Å². The van der Waals surface area contributed by atoms with Gasteiger partial charge < -0.3 is 20.4 Å². The van der Waals surface area contributed by atoms with E-state index in [4.69, 9.17) is 0 Å². The standard InChI is InChI=1S/C26H33N3O4/c1-19(2)16-24(26(32)33)27-25(31)21(17-20-6-4-3-5-7-20)18-28-12-14-29(15-13-28)22-8-10-23(30)11-9-22/h3-11,17,19,24,30H,12-16,18H2,1-2H3,(H,27,31)(H,32,33)/b21-17+. The number of carboxylic acids is 1. The highest BCUT2D eigenvalue weighted by Crippen LogP contribution is 2.20. The number of carbonyl (C=O) groups is 2. The molecule has 0 bridgehead atoms. The Morgan fingerprint density at radius 2 is 1.64 bits per heavy atom. The first-order chi connectivity index (χ1) is 15.8. The third-order valence-electron chi connectivity index (χ3n) is 5.72. The minimum atomic E-state index is -1.02. The number of phenolic OH excluding ortho intramolecular Hbond substituents is 1. The van der Waals surface area contributed by atoms with Crippen LogP contribution in [0.25, 0.3) is 6.08 Å². The van der Waals surface area contributed by atoms with Crippen LogP contribution in [0.3, 0.4) is 0 Å². The Hall–Kier alpha value is -3.32. The number of amides is 1. The van der Waals surface area contributed by atoms with E-state index in [1.54, 1.807) is 12.1 Å². The molecule has 7 heteroatoms. The fourth-order valence-corrected chi connectivity index (χ4v) is 3.95. The summed E-state index contributed by atoms with van der Waals surface area (Å²) < 4.78 is 0. The summed E-state index contributed by atoms with van der Waals surface area (Å²) in [6.45, 7) is 7.47. The lowest BCUT2D eigenvalue weighted by Crippen LogP contribution is -2.49. The van der Waals surface area contributed by atoms with Crippen LogP contribution in [0.5, 0.6) is 5.75 Å². The number of piperazine rings is 1. The smallest absolute Gasteiger partial charge is 0.326 e. The number of rotatable bonds is 9. The molecule has 2 aromatic carbocycles. The summed E-state index contributed by atoms with van der Waals surface area (Å²) in [5.74, 6) is -0.955. The highest BCUT2D eigenvalue weighted by Gasteiger charge is 2.25. The predicted octanol–water partition coefficient (Wildman–Crippen LogP) is 3.21. The van der Waals surface area contributed by atoms with Crippen LogP contribution in [-0.4, -0.2) is 65.8 Å². The van der Waals surface area contributed by atoms with Gasteiger partial charge in [0.25, 0.3) is 0 Å². The highest BCUT2D eigenvalue weighted by atomic mass is 16.4. The number of hydrogen-bond donors (Lipinski definition) is 3. The van der Waals surface area contributed by atoms with Crippen molar-refractivity contribution in [1.82, 2.24) is 10.2 Å². The van der Waals surface area contributed by atoms with Crippen LogP contribution < -0.4 is 10.2 Å². The fourth-order valence-electron chi connectivity index (χ4n) is 3.95.